The van der Waals surface area contributed by atoms with Crippen LogP contribution in [0.1, 0.15) is 44.6 Å². The molecule has 0 aromatic carbocycles. The average Bonchev–Trinajstić information content (AvgIpc) is 3.21. The first-order valence-electron chi connectivity index (χ1n) is 10.7. The molecule has 0 bridgehead atoms. The highest BCUT2D eigenvalue weighted by molar-refractivity contribution is 5.93. The summed E-state index contributed by atoms with van der Waals surface area (Å²) in [6.07, 6.45) is 11.2. The Morgan fingerprint density at radius 3 is 2.48 bits per heavy atom. The summed E-state index contributed by atoms with van der Waals surface area (Å²) in [7, 11) is 0. The van der Waals surface area contributed by atoms with E-state index in [0.717, 1.165) is 54.3 Å². The summed E-state index contributed by atoms with van der Waals surface area (Å²) >= 11 is 0. The standard InChI is InChI=1S/C23H28N6/c1-16(2)18-13-26-14-19-20(18)22(28-21(27-19)17-3-8-24-9-4-17)29-11-6-23(7-12-29)5-10-25-15-23/h3-4,8-9,13-14,16,25H,5-7,10-12,15H2,1-2H3. The van der Waals surface area contributed by atoms with Gasteiger partial charge in [0.2, 0.25) is 0 Å². The summed E-state index contributed by atoms with van der Waals surface area (Å²) in [6, 6.07) is 3.94. The predicted octanol–water partition coefficient (Wildman–Crippen LogP) is 3.79. The molecule has 150 valence electrons. The zero-order valence-corrected chi connectivity index (χ0v) is 17.2. The number of aromatic nitrogens is 4. The lowest BCUT2D eigenvalue weighted by atomic mass is 9.78. The molecule has 5 rings (SSSR count). The van der Waals surface area contributed by atoms with Crippen molar-refractivity contribution in [2.24, 2.45) is 5.41 Å². The topological polar surface area (TPSA) is 66.8 Å². The molecule has 0 unspecified atom stereocenters. The highest BCUT2D eigenvalue weighted by Gasteiger charge is 2.37. The highest BCUT2D eigenvalue weighted by atomic mass is 15.2. The third-order valence-electron chi connectivity index (χ3n) is 6.63. The lowest BCUT2D eigenvalue weighted by molar-refractivity contribution is 0.247. The van der Waals surface area contributed by atoms with Crippen molar-refractivity contribution >= 4 is 16.7 Å². The molecule has 2 fully saturated rings. The Morgan fingerprint density at radius 1 is 1.00 bits per heavy atom. The fourth-order valence-corrected chi connectivity index (χ4v) is 4.80. The van der Waals surface area contributed by atoms with Gasteiger partial charge >= 0.3 is 0 Å². The molecular weight excluding hydrogens is 360 g/mol. The molecule has 3 aromatic rings. The predicted molar refractivity (Wildman–Crippen MR) is 116 cm³/mol. The van der Waals surface area contributed by atoms with E-state index < -0.39 is 0 Å². The third kappa shape index (κ3) is 3.35. The second-order valence-corrected chi connectivity index (χ2v) is 8.80. The first kappa shape index (κ1) is 18.4. The number of piperidine rings is 1. The van der Waals surface area contributed by atoms with E-state index in [1.165, 1.54) is 24.8 Å². The van der Waals surface area contributed by atoms with E-state index in [4.69, 9.17) is 9.97 Å². The maximum atomic E-state index is 5.10. The van der Waals surface area contributed by atoms with Crippen LogP contribution >= 0.6 is 0 Å². The number of fused-ring (bicyclic) bond motifs is 1. The molecule has 2 aliphatic heterocycles. The monoisotopic (exact) mass is 388 g/mol. The van der Waals surface area contributed by atoms with Crippen molar-refractivity contribution in [3.63, 3.8) is 0 Å². The molecule has 1 N–H and O–H groups in total. The average molecular weight is 389 g/mol. The summed E-state index contributed by atoms with van der Waals surface area (Å²) in [5.74, 6) is 2.18. The number of rotatable bonds is 3. The van der Waals surface area contributed by atoms with Gasteiger partial charge in [0.25, 0.3) is 0 Å². The lowest BCUT2D eigenvalue weighted by Crippen LogP contribution is -2.41. The van der Waals surface area contributed by atoms with Gasteiger partial charge in [-0.15, -0.1) is 0 Å². The summed E-state index contributed by atoms with van der Waals surface area (Å²) in [6.45, 7) is 8.84. The molecule has 0 amide bonds. The lowest BCUT2D eigenvalue weighted by Gasteiger charge is -2.40. The molecule has 3 aromatic heterocycles. The van der Waals surface area contributed by atoms with Gasteiger partial charge in [0.15, 0.2) is 5.82 Å². The van der Waals surface area contributed by atoms with Crippen LogP contribution in [0.25, 0.3) is 22.3 Å². The van der Waals surface area contributed by atoms with Crippen molar-refractivity contribution in [3.05, 3.63) is 42.5 Å². The van der Waals surface area contributed by atoms with Crippen molar-refractivity contribution in [2.75, 3.05) is 31.1 Å². The van der Waals surface area contributed by atoms with Gasteiger partial charge in [-0.25, -0.2) is 9.97 Å². The van der Waals surface area contributed by atoms with Crippen LogP contribution in [0.2, 0.25) is 0 Å². The van der Waals surface area contributed by atoms with E-state index in [1.807, 2.05) is 24.5 Å². The van der Waals surface area contributed by atoms with Crippen molar-refractivity contribution in [1.29, 1.82) is 0 Å². The number of pyridine rings is 2. The van der Waals surface area contributed by atoms with Crippen LogP contribution in [0.5, 0.6) is 0 Å². The Labute approximate surface area is 171 Å². The zero-order valence-electron chi connectivity index (χ0n) is 17.2. The molecule has 6 nitrogen and oxygen atoms in total. The van der Waals surface area contributed by atoms with Crippen molar-refractivity contribution in [3.8, 4) is 11.4 Å². The Balaban J connectivity index is 1.62. The first-order chi connectivity index (χ1) is 14.2. The number of nitrogens with zero attached hydrogens (tertiary/aromatic N) is 5. The van der Waals surface area contributed by atoms with Gasteiger partial charge in [-0.1, -0.05) is 13.8 Å². The second kappa shape index (κ2) is 7.34. The fourth-order valence-electron chi connectivity index (χ4n) is 4.80. The molecule has 1 spiro atoms. The maximum absolute atomic E-state index is 5.10. The summed E-state index contributed by atoms with van der Waals surface area (Å²) < 4.78 is 0. The maximum Gasteiger partial charge on any atom is 0.162 e. The van der Waals surface area contributed by atoms with Gasteiger partial charge in [-0.05, 0) is 54.8 Å². The Hall–Kier alpha value is -2.60. The Kier molecular flexibility index (Phi) is 4.66. The molecule has 0 atom stereocenters. The first-order valence-corrected chi connectivity index (χ1v) is 10.7. The van der Waals surface area contributed by atoms with Crippen LogP contribution in [0.15, 0.2) is 36.9 Å². The van der Waals surface area contributed by atoms with E-state index in [9.17, 15) is 0 Å². The molecule has 5 heterocycles. The van der Waals surface area contributed by atoms with E-state index in [1.54, 1.807) is 12.4 Å². The quantitative estimate of drug-likeness (QED) is 0.736. The van der Waals surface area contributed by atoms with E-state index in [2.05, 4.69) is 34.0 Å². The van der Waals surface area contributed by atoms with Gasteiger partial charge in [0.1, 0.15) is 5.82 Å². The zero-order chi connectivity index (χ0) is 19.8. The van der Waals surface area contributed by atoms with Gasteiger partial charge in [-0.3, -0.25) is 9.97 Å². The van der Waals surface area contributed by atoms with Crippen molar-refractivity contribution in [2.45, 2.75) is 39.0 Å². The Morgan fingerprint density at radius 2 is 1.79 bits per heavy atom. The third-order valence-corrected chi connectivity index (χ3v) is 6.63. The van der Waals surface area contributed by atoms with Gasteiger partial charge in [0, 0.05) is 49.2 Å². The summed E-state index contributed by atoms with van der Waals surface area (Å²) in [5, 5.41) is 4.72. The minimum absolute atomic E-state index is 0.371. The molecule has 0 aliphatic carbocycles. The van der Waals surface area contributed by atoms with Crippen LogP contribution in [-0.2, 0) is 0 Å². The highest BCUT2D eigenvalue weighted by Crippen LogP contribution is 2.40. The fraction of sp³-hybridized carbons (Fsp3) is 0.478. The van der Waals surface area contributed by atoms with Gasteiger partial charge in [-0.2, -0.15) is 0 Å². The normalized spacial score (nSPS) is 18.8. The largest absolute Gasteiger partial charge is 0.356 e. The number of anilines is 1. The molecular formula is C23H28N6. The molecule has 0 radical (unpaired) electrons. The van der Waals surface area contributed by atoms with E-state index in [0.29, 0.717) is 11.3 Å². The molecule has 6 heteroatoms. The van der Waals surface area contributed by atoms with Gasteiger partial charge < -0.3 is 10.2 Å². The second-order valence-electron chi connectivity index (χ2n) is 8.80. The molecule has 2 saturated heterocycles. The smallest absolute Gasteiger partial charge is 0.162 e. The summed E-state index contributed by atoms with van der Waals surface area (Å²) in [4.78, 5) is 21.1. The van der Waals surface area contributed by atoms with Crippen LogP contribution in [0.3, 0.4) is 0 Å². The number of hydrogen-bond donors (Lipinski definition) is 1. The molecule has 29 heavy (non-hydrogen) atoms. The molecule has 2 aliphatic rings. The number of nitrogens with one attached hydrogen (secondary N) is 1. The van der Waals surface area contributed by atoms with Crippen LogP contribution < -0.4 is 10.2 Å². The minimum atomic E-state index is 0.371. The molecule has 0 saturated carbocycles. The number of hydrogen-bond acceptors (Lipinski definition) is 6. The van der Waals surface area contributed by atoms with E-state index in [-0.39, 0.29) is 0 Å². The minimum Gasteiger partial charge on any atom is -0.356 e. The van der Waals surface area contributed by atoms with Crippen molar-refractivity contribution in [1.82, 2.24) is 25.3 Å². The van der Waals surface area contributed by atoms with Crippen LogP contribution in [-0.4, -0.2) is 46.1 Å². The van der Waals surface area contributed by atoms with Crippen LogP contribution in [0.4, 0.5) is 5.82 Å². The summed E-state index contributed by atoms with van der Waals surface area (Å²) in [5.41, 5.74) is 3.62. The van der Waals surface area contributed by atoms with Gasteiger partial charge in [0.05, 0.1) is 11.7 Å². The Bertz CT molecular complexity index is 1000. The van der Waals surface area contributed by atoms with Crippen molar-refractivity contribution < 1.29 is 0 Å². The van der Waals surface area contributed by atoms with E-state index >= 15 is 0 Å². The SMILES string of the molecule is CC(C)c1cncc2nc(-c3ccncc3)nc(N3CCC4(CCNC4)CC3)c12. The van der Waals surface area contributed by atoms with Crippen LogP contribution in [0, 0.1) is 5.41 Å².